The fourth-order valence-corrected chi connectivity index (χ4v) is 5.49. The highest BCUT2D eigenvalue weighted by molar-refractivity contribution is 7.14. The van der Waals surface area contributed by atoms with E-state index in [0.29, 0.717) is 19.0 Å². The topological polar surface area (TPSA) is 40.6 Å². The highest BCUT2D eigenvalue weighted by Crippen LogP contribution is 2.28. The van der Waals surface area contributed by atoms with Crippen molar-refractivity contribution < 1.29 is 9.59 Å². The van der Waals surface area contributed by atoms with Crippen molar-refractivity contribution in [2.75, 3.05) is 26.2 Å². The maximum atomic E-state index is 12.9. The summed E-state index contributed by atoms with van der Waals surface area (Å²) < 4.78 is 0. The first-order valence-corrected chi connectivity index (χ1v) is 11.1. The Morgan fingerprint density at radius 1 is 1.04 bits per heavy atom. The Balaban J connectivity index is 1.57. The lowest BCUT2D eigenvalue weighted by atomic mass is 9.94. The normalized spacial score (nSPS) is 19.0. The Labute approximate surface area is 161 Å². The summed E-state index contributed by atoms with van der Waals surface area (Å²) in [5.41, 5.74) is 1.33. The molecule has 2 aliphatic heterocycles. The van der Waals surface area contributed by atoms with Crippen LogP contribution >= 0.6 is 11.3 Å². The van der Waals surface area contributed by atoms with E-state index in [1.807, 2.05) is 4.90 Å². The van der Waals surface area contributed by atoms with Gasteiger partial charge in [-0.05, 0) is 56.6 Å². The van der Waals surface area contributed by atoms with Crippen molar-refractivity contribution in [1.29, 1.82) is 0 Å². The molecule has 0 N–H and O–H groups in total. The smallest absolute Gasteiger partial charge is 0.263 e. The molecule has 5 heteroatoms. The third-order valence-corrected chi connectivity index (χ3v) is 6.99. The van der Waals surface area contributed by atoms with Crippen LogP contribution < -0.4 is 0 Å². The van der Waals surface area contributed by atoms with Crippen molar-refractivity contribution in [3.8, 4) is 0 Å². The quantitative estimate of drug-likeness (QED) is 0.775. The minimum atomic E-state index is 0.113. The fraction of sp³-hybridized carbons (Fsp3) is 0.714. The molecule has 0 unspecified atom stereocenters. The van der Waals surface area contributed by atoms with Crippen LogP contribution in [0.1, 0.15) is 72.5 Å². The lowest BCUT2D eigenvalue weighted by Gasteiger charge is -2.35. The molecule has 0 saturated carbocycles. The number of nitrogens with zero attached hydrogens (tertiary/aromatic N) is 2. The van der Waals surface area contributed by atoms with Crippen LogP contribution in [0.2, 0.25) is 0 Å². The Morgan fingerprint density at radius 2 is 1.73 bits per heavy atom. The molecule has 144 valence electrons. The standard InChI is InChI=1S/C21H32N2O2S/c1-3-8-18-16(4-2)15-19(26-18)21(25)23-13-9-17(10-14-23)20(24)22-11-6-5-7-12-22/h15,17H,3-14H2,1-2H3. The summed E-state index contributed by atoms with van der Waals surface area (Å²) >= 11 is 1.67. The van der Waals surface area contributed by atoms with Gasteiger partial charge in [-0.25, -0.2) is 0 Å². The molecule has 0 radical (unpaired) electrons. The van der Waals surface area contributed by atoms with E-state index < -0.39 is 0 Å². The zero-order chi connectivity index (χ0) is 18.5. The monoisotopic (exact) mass is 376 g/mol. The van der Waals surface area contributed by atoms with Crippen molar-refractivity contribution in [2.45, 2.75) is 65.2 Å². The summed E-state index contributed by atoms with van der Waals surface area (Å²) in [4.78, 5) is 31.8. The van der Waals surface area contributed by atoms with Crippen LogP contribution in [0, 0.1) is 5.92 Å². The van der Waals surface area contributed by atoms with Gasteiger partial charge < -0.3 is 9.80 Å². The number of rotatable bonds is 5. The van der Waals surface area contributed by atoms with E-state index in [1.165, 1.54) is 16.9 Å². The zero-order valence-electron chi connectivity index (χ0n) is 16.3. The minimum absolute atomic E-state index is 0.113. The Morgan fingerprint density at radius 3 is 2.35 bits per heavy atom. The van der Waals surface area contributed by atoms with Gasteiger partial charge in [0.15, 0.2) is 0 Å². The molecule has 0 bridgehead atoms. The van der Waals surface area contributed by atoms with E-state index in [0.717, 1.165) is 62.9 Å². The van der Waals surface area contributed by atoms with Gasteiger partial charge in [0.2, 0.25) is 5.91 Å². The maximum absolute atomic E-state index is 12.9. The summed E-state index contributed by atoms with van der Waals surface area (Å²) in [6.45, 7) is 7.62. The average Bonchev–Trinajstić information content (AvgIpc) is 3.11. The molecule has 0 aliphatic carbocycles. The first-order chi connectivity index (χ1) is 12.6. The number of hydrogen-bond acceptors (Lipinski definition) is 3. The largest absolute Gasteiger partial charge is 0.342 e. The second-order valence-corrected chi connectivity index (χ2v) is 8.75. The Kier molecular flexibility index (Phi) is 6.74. The third kappa shape index (κ3) is 4.30. The van der Waals surface area contributed by atoms with Gasteiger partial charge in [-0.1, -0.05) is 20.3 Å². The molecule has 1 aromatic rings. The number of likely N-dealkylation sites (tertiary alicyclic amines) is 2. The first-order valence-electron chi connectivity index (χ1n) is 10.3. The molecule has 3 rings (SSSR count). The number of carbonyl (C=O) groups is 2. The zero-order valence-corrected chi connectivity index (χ0v) is 17.1. The van der Waals surface area contributed by atoms with Crippen molar-refractivity contribution >= 4 is 23.2 Å². The number of amides is 2. The van der Waals surface area contributed by atoms with Crippen LogP contribution in [0.5, 0.6) is 0 Å². The molecule has 2 aliphatic rings. The van der Waals surface area contributed by atoms with E-state index in [2.05, 4.69) is 24.8 Å². The minimum Gasteiger partial charge on any atom is -0.342 e. The van der Waals surface area contributed by atoms with E-state index in [4.69, 9.17) is 0 Å². The molecule has 1 aromatic heterocycles. The second kappa shape index (κ2) is 9.03. The molecular formula is C21H32N2O2S. The lowest BCUT2D eigenvalue weighted by molar-refractivity contribution is -0.137. The molecule has 3 heterocycles. The van der Waals surface area contributed by atoms with Gasteiger partial charge in [0, 0.05) is 37.0 Å². The molecular weight excluding hydrogens is 344 g/mol. The van der Waals surface area contributed by atoms with Crippen molar-refractivity contribution in [2.24, 2.45) is 5.92 Å². The number of carbonyl (C=O) groups excluding carboxylic acids is 2. The lowest BCUT2D eigenvalue weighted by Crippen LogP contribution is -2.45. The Hall–Kier alpha value is -1.36. The van der Waals surface area contributed by atoms with Gasteiger partial charge in [0.1, 0.15) is 0 Å². The average molecular weight is 377 g/mol. The summed E-state index contributed by atoms with van der Waals surface area (Å²) in [7, 11) is 0. The van der Waals surface area contributed by atoms with Crippen molar-refractivity contribution in [3.63, 3.8) is 0 Å². The summed E-state index contributed by atoms with van der Waals surface area (Å²) in [5.74, 6) is 0.602. The van der Waals surface area contributed by atoms with Gasteiger partial charge in [0.05, 0.1) is 4.88 Å². The van der Waals surface area contributed by atoms with Crippen LogP contribution in [-0.2, 0) is 17.6 Å². The van der Waals surface area contributed by atoms with Gasteiger partial charge in [-0.2, -0.15) is 0 Å². The first kappa shape index (κ1) is 19.4. The molecule has 2 saturated heterocycles. The molecule has 0 atom stereocenters. The van der Waals surface area contributed by atoms with Crippen LogP contribution in [0.3, 0.4) is 0 Å². The van der Waals surface area contributed by atoms with Crippen LogP contribution in [0.15, 0.2) is 6.07 Å². The van der Waals surface area contributed by atoms with Crippen LogP contribution in [0.4, 0.5) is 0 Å². The number of thiophene rings is 1. The van der Waals surface area contributed by atoms with Crippen LogP contribution in [-0.4, -0.2) is 47.8 Å². The summed E-state index contributed by atoms with van der Waals surface area (Å²) in [6.07, 6.45) is 8.33. The van der Waals surface area contributed by atoms with Gasteiger partial charge >= 0.3 is 0 Å². The fourth-order valence-electron chi connectivity index (χ4n) is 4.17. The predicted octanol–water partition coefficient (Wildman–Crippen LogP) is 4.13. The molecule has 0 aromatic carbocycles. The second-order valence-electron chi connectivity index (χ2n) is 7.62. The van der Waals surface area contributed by atoms with E-state index >= 15 is 0 Å². The molecule has 0 spiro atoms. The van der Waals surface area contributed by atoms with Gasteiger partial charge in [-0.3, -0.25) is 9.59 Å². The van der Waals surface area contributed by atoms with E-state index in [9.17, 15) is 9.59 Å². The van der Waals surface area contributed by atoms with E-state index in [-0.39, 0.29) is 11.8 Å². The molecule has 26 heavy (non-hydrogen) atoms. The molecule has 2 amide bonds. The van der Waals surface area contributed by atoms with E-state index in [1.54, 1.807) is 11.3 Å². The predicted molar refractivity (Wildman–Crippen MR) is 107 cm³/mol. The van der Waals surface area contributed by atoms with Crippen molar-refractivity contribution in [1.82, 2.24) is 9.80 Å². The maximum Gasteiger partial charge on any atom is 0.263 e. The number of hydrogen-bond donors (Lipinski definition) is 0. The summed E-state index contributed by atoms with van der Waals surface area (Å²) in [5, 5.41) is 0. The SMILES string of the molecule is CCCc1sc(C(=O)N2CCC(C(=O)N3CCCCC3)CC2)cc1CC. The number of piperidine rings is 2. The van der Waals surface area contributed by atoms with Crippen molar-refractivity contribution in [3.05, 3.63) is 21.4 Å². The Bertz CT molecular complexity index is 626. The highest BCUT2D eigenvalue weighted by atomic mass is 32.1. The number of aryl methyl sites for hydroxylation is 2. The highest BCUT2D eigenvalue weighted by Gasteiger charge is 2.31. The third-order valence-electron chi connectivity index (χ3n) is 5.76. The van der Waals surface area contributed by atoms with Crippen LogP contribution in [0.25, 0.3) is 0 Å². The molecule has 4 nitrogen and oxygen atoms in total. The van der Waals surface area contributed by atoms with Gasteiger partial charge in [0.25, 0.3) is 5.91 Å². The molecule has 2 fully saturated rings. The van der Waals surface area contributed by atoms with Gasteiger partial charge in [-0.15, -0.1) is 11.3 Å². The summed E-state index contributed by atoms with van der Waals surface area (Å²) in [6, 6.07) is 2.10.